The van der Waals surface area contributed by atoms with Crippen molar-refractivity contribution < 1.29 is 0 Å². The molecule has 0 heterocycles. The zero-order valence-corrected chi connectivity index (χ0v) is 17.6. The van der Waals surface area contributed by atoms with Crippen molar-refractivity contribution in [3.63, 3.8) is 0 Å². The number of hydrogen-bond acceptors (Lipinski definition) is 1. The molecule has 1 heteroatoms. The third-order valence-electron chi connectivity index (χ3n) is 4.65. The molecular formula is C24H35N. The first-order chi connectivity index (χ1) is 11.3. The van der Waals surface area contributed by atoms with Crippen molar-refractivity contribution in [3.05, 3.63) is 59.7 Å². The average molecular weight is 338 g/mol. The fraction of sp³-hybridized carbons (Fsp3) is 0.500. The lowest BCUT2D eigenvalue weighted by atomic mass is 9.86. The number of hydrogen-bond donors (Lipinski definition) is 0. The molecule has 0 N–H and O–H groups in total. The Morgan fingerprint density at radius 1 is 0.480 bits per heavy atom. The van der Waals surface area contributed by atoms with E-state index >= 15 is 0 Å². The van der Waals surface area contributed by atoms with Gasteiger partial charge >= 0.3 is 0 Å². The summed E-state index contributed by atoms with van der Waals surface area (Å²) in [6, 6.07) is 18.1. The molecule has 0 amide bonds. The topological polar surface area (TPSA) is 3.24 Å². The summed E-state index contributed by atoms with van der Waals surface area (Å²) in [5, 5.41) is 0. The van der Waals surface area contributed by atoms with Gasteiger partial charge in [-0.05, 0) is 67.0 Å². The molecule has 2 aromatic carbocycles. The van der Waals surface area contributed by atoms with E-state index in [1.807, 2.05) is 0 Å². The molecule has 0 aliphatic carbocycles. The van der Waals surface area contributed by atoms with E-state index < -0.39 is 0 Å². The number of nitrogens with zero attached hydrogens (tertiary/aromatic N) is 1. The summed E-state index contributed by atoms with van der Waals surface area (Å²) in [4.78, 5) is 2.42. The van der Waals surface area contributed by atoms with E-state index in [1.165, 1.54) is 22.5 Å². The minimum Gasteiger partial charge on any atom is -0.336 e. The van der Waals surface area contributed by atoms with Gasteiger partial charge in [-0.3, -0.25) is 0 Å². The molecule has 0 aliphatic heterocycles. The lowest BCUT2D eigenvalue weighted by molar-refractivity contribution is 0.558. The molecule has 1 nitrogen and oxygen atoms in total. The molecule has 0 saturated carbocycles. The summed E-state index contributed by atoms with van der Waals surface area (Å²) in [6.07, 6.45) is 0. The summed E-state index contributed by atoms with van der Waals surface area (Å²) < 4.78 is 0. The molecule has 0 aromatic heterocycles. The molecule has 2 rings (SSSR count). The third kappa shape index (κ3) is 4.66. The lowest BCUT2D eigenvalue weighted by Gasteiger charge is -2.38. The van der Waals surface area contributed by atoms with E-state index in [1.54, 1.807) is 0 Å². The summed E-state index contributed by atoms with van der Waals surface area (Å²) in [7, 11) is 0. The third-order valence-corrected chi connectivity index (χ3v) is 4.65. The van der Waals surface area contributed by atoms with Crippen LogP contribution in [0.15, 0.2) is 48.5 Å². The van der Waals surface area contributed by atoms with Crippen LogP contribution in [0.2, 0.25) is 0 Å². The van der Waals surface area contributed by atoms with Gasteiger partial charge in [0.05, 0.1) is 0 Å². The second-order valence-electron chi connectivity index (χ2n) is 10.1. The van der Waals surface area contributed by atoms with Crippen LogP contribution in [0.5, 0.6) is 0 Å². The van der Waals surface area contributed by atoms with Crippen LogP contribution in [-0.4, -0.2) is 5.54 Å². The minimum atomic E-state index is 0.00645. The number of rotatable bonds is 2. The minimum absolute atomic E-state index is 0.00645. The van der Waals surface area contributed by atoms with Gasteiger partial charge in [-0.2, -0.15) is 0 Å². The summed E-state index contributed by atoms with van der Waals surface area (Å²) in [6.45, 7) is 20.4. The van der Waals surface area contributed by atoms with Crippen molar-refractivity contribution in [3.8, 4) is 0 Å². The molecule has 0 spiro atoms. The average Bonchev–Trinajstić information content (AvgIpc) is 2.45. The molecule has 2 aromatic rings. The van der Waals surface area contributed by atoms with Crippen LogP contribution in [-0.2, 0) is 10.8 Å². The maximum Gasteiger partial charge on any atom is 0.0416 e. The van der Waals surface area contributed by atoms with Gasteiger partial charge in [-0.1, -0.05) is 65.8 Å². The van der Waals surface area contributed by atoms with Crippen LogP contribution in [0.4, 0.5) is 11.4 Å². The number of benzene rings is 2. The highest BCUT2D eigenvalue weighted by Gasteiger charge is 2.25. The molecule has 0 bridgehead atoms. The highest BCUT2D eigenvalue weighted by Crippen LogP contribution is 2.35. The van der Waals surface area contributed by atoms with Gasteiger partial charge in [0.25, 0.3) is 0 Å². The molecule has 0 saturated heterocycles. The molecule has 0 fully saturated rings. The Kier molecular flexibility index (Phi) is 5.10. The highest BCUT2D eigenvalue weighted by molar-refractivity contribution is 5.66. The maximum atomic E-state index is 2.42. The van der Waals surface area contributed by atoms with Crippen LogP contribution >= 0.6 is 0 Å². The first-order valence-corrected chi connectivity index (χ1v) is 9.31. The zero-order chi connectivity index (χ0) is 19.0. The molecule has 0 atom stereocenters. The van der Waals surface area contributed by atoms with Crippen molar-refractivity contribution in [1.29, 1.82) is 0 Å². The van der Waals surface area contributed by atoms with Crippen LogP contribution in [0.3, 0.4) is 0 Å². The molecule has 0 unspecified atom stereocenters. The fourth-order valence-electron chi connectivity index (χ4n) is 3.14. The van der Waals surface area contributed by atoms with Crippen LogP contribution in [0, 0.1) is 0 Å². The van der Waals surface area contributed by atoms with E-state index in [2.05, 4.69) is 116 Å². The number of anilines is 2. The largest absolute Gasteiger partial charge is 0.336 e. The molecule has 25 heavy (non-hydrogen) atoms. The van der Waals surface area contributed by atoms with E-state index in [0.29, 0.717) is 0 Å². The first kappa shape index (κ1) is 19.6. The van der Waals surface area contributed by atoms with Crippen molar-refractivity contribution in [2.24, 2.45) is 0 Å². The first-order valence-electron chi connectivity index (χ1n) is 9.31. The van der Waals surface area contributed by atoms with Gasteiger partial charge in [0.15, 0.2) is 0 Å². The van der Waals surface area contributed by atoms with Crippen LogP contribution < -0.4 is 4.90 Å². The van der Waals surface area contributed by atoms with Gasteiger partial charge in [-0.15, -0.1) is 0 Å². The van der Waals surface area contributed by atoms with Crippen LogP contribution in [0.1, 0.15) is 73.4 Å². The monoisotopic (exact) mass is 337 g/mol. The van der Waals surface area contributed by atoms with Crippen molar-refractivity contribution in [2.45, 2.75) is 78.7 Å². The quantitative estimate of drug-likeness (QED) is 0.559. The Hall–Kier alpha value is -1.76. The Balaban J connectivity index is 2.44. The normalized spacial score (nSPS) is 13.0. The molecule has 136 valence electrons. The predicted molar refractivity (Wildman–Crippen MR) is 112 cm³/mol. The van der Waals surface area contributed by atoms with Crippen molar-refractivity contribution >= 4 is 11.4 Å². The Morgan fingerprint density at radius 2 is 0.760 bits per heavy atom. The maximum absolute atomic E-state index is 2.42. The summed E-state index contributed by atoms with van der Waals surface area (Å²) in [5.74, 6) is 0. The summed E-state index contributed by atoms with van der Waals surface area (Å²) in [5.41, 5.74) is 5.58. The second-order valence-corrected chi connectivity index (χ2v) is 10.1. The van der Waals surface area contributed by atoms with E-state index in [0.717, 1.165) is 0 Å². The van der Waals surface area contributed by atoms with E-state index in [-0.39, 0.29) is 16.4 Å². The standard InChI is InChI=1S/C24H35N/c1-22(2,3)18-10-14-20(15-11-18)25(24(7,8)9)21-16-12-19(13-17-21)23(4,5)6/h10-17H,1-9H3. The zero-order valence-electron chi connectivity index (χ0n) is 17.6. The van der Waals surface area contributed by atoms with Gasteiger partial charge in [0.1, 0.15) is 0 Å². The Labute approximate surface area is 155 Å². The van der Waals surface area contributed by atoms with Crippen molar-refractivity contribution in [1.82, 2.24) is 0 Å². The van der Waals surface area contributed by atoms with Crippen molar-refractivity contribution in [2.75, 3.05) is 4.90 Å². The van der Waals surface area contributed by atoms with Gasteiger partial charge in [-0.25, -0.2) is 0 Å². The highest BCUT2D eigenvalue weighted by atomic mass is 15.2. The molecular weight excluding hydrogens is 302 g/mol. The smallest absolute Gasteiger partial charge is 0.0416 e. The van der Waals surface area contributed by atoms with E-state index in [9.17, 15) is 0 Å². The predicted octanol–water partition coefficient (Wildman–Crippen LogP) is 7.22. The second kappa shape index (κ2) is 6.52. The summed E-state index contributed by atoms with van der Waals surface area (Å²) >= 11 is 0. The van der Waals surface area contributed by atoms with Gasteiger partial charge in [0.2, 0.25) is 0 Å². The lowest BCUT2D eigenvalue weighted by Crippen LogP contribution is -2.37. The Bertz CT molecular complexity index is 629. The van der Waals surface area contributed by atoms with E-state index in [4.69, 9.17) is 0 Å². The SMILES string of the molecule is CC(C)(C)c1ccc(N(c2ccc(C(C)(C)C)cc2)C(C)(C)C)cc1. The Morgan fingerprint density at radius 3 is 0.960 bits per heavy atom. The molecule has 0 aliphatic rings. The van der Waals surface area contributed by atoms with Crippen LogP contribution in [0.25, 0.3) is 0 Å². The van der Waals surface area contributed by atoms with Gasteiger partial charge < -0.3 is 4.90 Å². The molecule has 0 radical (unpaired) electrons. The fourth-order valence-corrected chi connectivity index (χ4v) is 3.14. The van der Waals surface area contributed by atoms with Gasteiger partial charge in [0, 0.05) is 16.9 Å².